The number of carbonyl (C=O) groups is 1. The lowest BCUT2D eigenvalue weighted by atomic mass is 10.00. The van der Waals surface area contributed by atoms with Gasteiger partial charge in [0, 0.05) is 31.6 Å². The van der Waals surface area contributed by atoms with Gasteiger partial charge in [-0.25, -0.2) is 0 Å². The van der Waals surface area contributed by atoms with Crippen molar-refractivity contribution in [3.8, 4) is 5.75 Å². The molecule has 0 unspecified atom stereocenters. The van der Waals surface area contributed by atoms with E-state index in [2.05, 4.69) is 33.4 Å². The van der Waals surface area contributed by atoms with Crippen molar-refractivity contribution < 1.29 is 9.53 Å². The summed E-state index contributed by atoms with van der Waals surface area (Å²) in [6.45, 7) is 0. The molecule has 5 rings (SSSR count). The lowest BCUT2D eigenvalue weighted by Crippen LogP contribution is -2.09. The van der Waals surface area contributed by atoms with Crippen molar-refractivity contribution in [2.24, 2.45) is 0 Å². The highest BCUT2D eigenvalue weighted by Crippen LogP contribution is 2.54. The van der Waals surface area contributed by atoms with E-state index in [9.17, 15) is 4.79 Å². The number of para-hydroxylation sites is 1. The van der Waals surface area contributed by atoms with E-state index >= 15 is 0 Å². The van der Waals surface area contributed by atoms with Crippen LogP contribution in [0.1, 0.15) is 26.7 Å². The minimum absolute atomic E-state index is 0.0745. The van der Waals surface area contributed by atoms with Crippen LogP contribution >= 0.6 is 27.7 Å². The van der Waals surface area contributed by atoms with Gasteiger partial charge in [-0.05, 0) is 30.3 Å². The van der Waals surface area contributed by atoms with Crippen LogP contribution < -0.4 is 10.1 Å². The Morgan fingerprint density at radius 3 is 2.57 bits per heavy atom. The Morgan fingerprint density at radius 2 is 1.75 bits per heavy atom. The molecule has 0 fully saturated rings. The number of rotatable bonds is 2. The van der Waals surface area contributed by atoms with E-state index in [0.29, 0.717) is 0 Å². The Hall–Kier alpha value is -2.50. The number of hydrogen-bond acceptors (Lipinski definition) is 4. The van der Waals surface area contributed by atoms with Gasteiger partial charge in [0.15, 0.2) is 5.78 Å². The molecule has 0 bridgehead atoms. The fourth-order valence-electron chi connectivity index (χ4n) is 3.81. The summed E-state index contributed by atoms with van der Waals surface area (Å²) in [6.07, 6.45) is 0. The Morgan fingerprint density at radius 1 is 1.00 bits per heavy atom. The minimum Gasteiger partial charge on any atom is -0.496 e. The van der Waals surface area contributed by atoms with E-state index in [1.807, 2.05) is 54.6 Å². The zero-order valence-electron chi connectivity index (χ0n) is 15.0. The smallest absolute Gasteiger partial charge is 0.193 e. The summed E-state index contributed by atoms with van der Waals surface area (Å²) in [4.78, 5) is 14.5. The van der Waals surface area contributed by atoms with Crippen molar-refractivity contribution >= 4 is 44.9 Å². The maximum Gasteiger partial charge on any atom is 0.193 e. The number of halogens is 1. The number of benzene rings is 3. The van der Waals surface area contributed by atoms with Gasteiger partial charge in [0.1, 0.15) is 5.75 Å². The average molecular weight is 450 g/mol. The van der Waals surface area contributed by atoms with Gasteiger partial charge >= 0.3 is 0 Å². The molecule has 0 saturated carbocycles. The first-order chi connectivity index (χ1) is 13.7. The number of Topliss-reactive ketones (excluding diaryl/α,β-unsaturated/α-hetero) is 1. The Balaban J connectivity index is 1.78. The van der Waals surface area contributed by atoms with Crippen molar-refractivity contribution in [1.29, 1.82) is 0 Å². The van der Waals surface area contributed by atoms with Crippen molar-refractivity contribution in [2.45, 2.75) is 10.1 Å². The summed E-state index contributed by atoms with van der Waals surface area (Å²) < 4.78 is 6.61. The number of hydrogen-bond donors (Lipinski definition) is 1. The van der Waals surface area contributed by atoms with Gasteiger partial charge < -0.3 is 10.1 Å². The van der Waals surface area contributed by atoms with E-state index in [-0.39, 0.29) is 11.0 Å². The molecule has 0 amide bonds. The van der Waals surface area contributed by atoms with E-state index < -0.39 is 0 Å². The lowest BCUT2D eigenvalue weighted by Gasteiger charge is -2.20. The van der Waals surface area contributed by atoms with Gasteiger partial charge in [-0.3, -0.25) is 4.79 Å². The van der Waals surface area contributed by atoms with E-state index in [1.54, 1.807) is 18.9 Å². The number of methoxy groups -OCH3 is 1. The lowest BCUT2D eigenvalue weighted by molar-refractivity contribution is 0.103. The molecule has 0 saturated heterocycles. The molecule has 28 heavy (non-hydrogen) atoms. The van der Waals surface area contributed by atoms with Crippen LogP contribution in [0.4, 0.5) is 5.69 Å². The standard InChI is InChI=1S/C23H16BrNO2S/c1-27-18-11-10-13(24)12-16(18)23-20-21(14-6-2-3-7-15(14)22(20)26)25-17-8-4-5-9-19(17)28-23/h2-12,23,25H,1H3/t23-/m1/s1. The number of fused-ring (bicyclic) bond motifs is 3. The molecule has 1 heterocycles. The molecule has 1 atom stereocenters. The third-order valence-corrected chi connectivity index (χ3v) is 6.91. The average Bonchev–Trinajstić information content (AvgIpc) is 2.89. The first-order valence-corrected chi connectivity index (χ1v) is 10.6. The molecule has 0 aromatic heterocycles. The predicted octanol–water partition coefficient (Wildman–Crippen LogP) is 6.32. The van der Waals surface area contributed by atoms with Crippen LogP contribution in [-0.4, -0.2) is 12.9 Å². The molecule has 1 N–H and O–H groups in total. The van der Waals surface area contributed by atoms with Gasteiger partial charge in [-0.2, -0.15) is 0 Å². The summed E-state index contributed by atoms with van der Waals surface area (Å²) in [5, 5.41) is 3.36. The normalized spacial score (nSPS) is 17.4. The van der Waals surface area contributed by atoms with Crippen molar-refractivity contribution in [3.05, 3.63) is 93.5 Å². The largest absolute Gasteiger partial charge is 0.496 e. The first-order valence-electron chi connectivity index (χ1n) is 8.92. The molecule has 3 aromatic carbocycles. The molecule has 5 heteroatoms. The van der Waals surface area contributed by atoms with E-state index in [0.717, 1.165) is 48.8 Å². The maximum absolute atomic E-state index is 13.4. The highest BCUT2D eigenvalue weighted by molar-refractivity contribution is 9.10. The zero-order chi connectivity index (χ0) is 19.3. The van der Waals surface area contributed by atoms with Crippen LogP contribution in [0, 0.1) is 0 Å². The third-order valence-electron chi connectivity index (χ3n) is 5.08. The highest BCUT2D eigenvalue weighted by atomic mass is 79.9. The third kappa shape index (κ3) is 2.69. The SMILES string of the molecule is COc1ccc(Br)cc1[C@H]1Sc2ccccc2NC2=C1C(=O)c1ccccc12. The summed E-state index contributed by atoms with van der Waals surface area (Å²) in [7, 11) is 1.67. The monoisotopic (exact) mass is 449 g/mol. The fraction of sp³-hybridized carbons (Fsp3) is 0.0870. The molecular formula is C23H16BrNO2S. The van der Waals surface area contributed by atoms with Crippen LogP contribution in [0.3, 0.4) is 0 Å². The van der Waals surface area contributed by atoms with Crippen LogP contribution in [0.15, 0.2) is 81.7 Å². The molecule has 1 aliphatic heterocycles. The highest BCUT2D eigenvalue weighted by Gasteiger charge is 2.39. The van der Waals surface area contributed by atoms with Crippen molar-refractivity contribution in [2.75, 3.05) is 12.4 Å². The molecule has 3 aromatic rings. The Bertz CT molecular complexity index is 1150. The Labute approximate surface area is 175 Å². The fourth-order valence-corrected chi connectivity index (χ4v) is 5.50. The number of ketones is 1. The van der Waals surface area contributed by atoms with Crippen molar-refractivity contribution in [1.82, 2.24) is 0 Å². The van der Waals surface area contributed by atoms with E-state index in [1.165, 1.54) is 0 Å². The second kappa shape index (κ2) is 6.83. The molecule has 0 radical (unpaired) electrons. The van der Waals surface area contributed by atoms with Gasteiger partial charge in [0.05, 0.1) is 23.7 Å². The number of nitrogens with one attached hydrogen (secondary N) is 1. The van der Waals surface area contributed by atoms with Gasteiger partial charge in [-0.15, -0.1) is 11.8 Å². The van der Waals surface area contributed by atoms with Gasteiger partial charge in [0.2, 0.25) is 0 Å². The second-order valence-corrected chi connectivity index (χ2v) is 8.73. The maximum atomic E-state index is 13.4. The van der Waals surface area contributed by atoms with Crippen LogP contribution in [-0.2, 0) is 0 Å². The molecule has 1 aliphatic carbocycles. The minimum atomic E-state index is -0.182. The number of thioether (sulfide) groups is 1. The summed E-state index contributed by atoms with van der Waals surface area (Å²) >= 11 is 5.26. The topological polar surface area (TPSA) is 38.3 Å². The number of ether oxygens (including phenoxy) is 1. The first kappa shape index (κ1) is 17.6. The zero-order valence-corrected chi connectivity index (χ0v) is 17.4. The predicted molar refractivity (Wildman–Crippen MR) is 117 cm³/mol. The second-order valence-electron chi connectivity index (χ2n) is 6.67. The molecule has 3 nitrogen and oxygen atoms in total. The summed E-state index contributed by atoms with van der Waals surface area (Å²) in [5.41, 5.74) is 5.37. The van der Waals surface area contributed by atoms with Crippen LogP contribution in [0.25, 0.3) is 5.70 Å². The number of carbonyl (C=O) groups excluding carboxylic acids is 1. The summed E-state index contributed by atoms with van der Waals surface area (Å²) in [5.74, 6) is 0.848. The van der Waals surface area contributed by atoms with Gasteiger partial charge in [0.25, 0.3) is 0 Å². The Kier molecular flexibility index (Phi) is 4.29. The van der Waals surface area contributed by atoms with Crippen molar-refractivity contribution in [3.63, 3.8) is 0 Å². The summed E-state index contributed by atoms with van der Waals surface area (Å²) in [6, 6.07) is 21.9. The quantitative estimate of drug-likeness (QED) is 0.496. The molecule has 0 spiro atoms. The molecule has 2 aliphatic rings. The molecule has 138 valence electrons. The molecular weight excluding hydrogens is 434 g/mol. The van der Waals surface area contributed by atoms with Gasteiger partial charge in [-0.1, -0.05) is 52.3 Å². The van der Waals surface area contributed by atoms with E-state index in [4.69, 9.17) is 4.74 Å². The number of anilines is 1. The van der Waals surface area contributed by atoms with Crippen LogP contribution in [0.5, 0.6) is 5.75 Å². The van der Waals surface area contributed by atoms with Crippen LogP contribution in [0.2, 0.25) is 0 Å².